The third kappa shape index (κ3) is 20.7. The lowest BCUT2D eigenvalue weighted by Gasteiger charge is -2.13. The number of nitrogens with two attached hydrogens (primary N) is 1. The van der Waals surface area contributed by atoms with Crippen LogP contribution in [-0.2, 0) is 16.1 Å². The number of phenols is 1. The average molecular weight is 595 g/mol. The van der Waals surface area contributed by atoms with E-state index in [4.69, 9.17) is 20.4 Å². The van der Waals surface area contributed by atoms with Gasteiger partial charge in [0.15, 0.2) is 11.5 Å². The molecule has 1 amide bonds. The van der Waals surface area contributed by atoms with Crippen LogP contribution in [0.2, 0.25) is 0 Å². The molecule has 0 fully saturated rings. The smallest absolute Gasteiger partial charge is 0.490 e. The van der Waals surface area contributed by atoms with Crippen LogP contribution in [0, 0.1) is 0 Å². The summed E-state index contributed by atoms with van der Waals surface area (Å²) in [4.78, 5) is 21.1. The Morgan fingerprint density at radius 1 is 0.950 bits per heavy atom. The predicted octanol–water partition coefficient (Wildman–Crippen LogP) is 7.19. The van der Waals surface area contributed by atoms with Crippen LogP contribution in [0.5, 0.6) is 11.5 Å². The number of aliphatic carboxylic acids is 1. The standard InChI is InChI=1S/C27H48N2O3S.C2HF3O2/c1-3-4-5-6-7-8-9-10-11-12-13-14-15-16-19-33-22-24(28)27(31)29-21-23-17-18-25(30)26(20-23)32-2;3-2(4,5)1(6)7/h17-18,20,24,30H,3-16,19,21-22,28H2,1-2H3,(H,29,31);(H,6,7)/t24-;/m0./s1. The molecule has 0 spiro atoms. The number of carbonyl (C=O) groups excluding carboxylic acids is 1. The molecule has 0 radical (unpaired) electrons. The minimum atomic E-state index is -5.08. The number of thioether (sulfide) groups is 1. The van der Waals surface area contributed by atoms with Gasteiger partial charge in [-0.2, -0.15) is 24.9 Å². The van der Waals surface area contributed by atoms with E-state index in [1.54, 1.807) is 30.0 Å². The first kappa shape index (κ1) is 37.9. The second kappa shape index (κ2) is 23.6. The van der Waals surface area contributed by atoms with Crippen molar-refractivity contribution in [3.05, 3.63) is 23.8 Å². The molecule has 1 aromatic rings. The third-order valence-corrected chi connectivity index (χ3v) is 7.40. The summed E-state index contributed by atoms with van der Waals surface area (Å²) >= 11 is 1.76. The normalized spacial score (nSPS) is 11.8. The Kier molecular flexibility index (Phi) is 22.3. The van der Waals surface area contributed by atoms with Gasteiger partial charge in [-0.1, -0.05) is 96.5 Å². The van der Waals surface area contributed by atoms with Gasteiger partial charge in [-0.05, 0) is 29.9 Å². The van der Waals surface area contributed by atoms with Crippen molar-refractivity contribution in [2.75, 3.05) is 18.6 Å². The van der Waals surface area contributed by atoms with Crippen molar-refractivity contribution in [1.82, 2.24) is 5.32 Å². The number of carboxylic acid groups (broad SMARTS) is 1. The number of halogens is 3. The molecule has 0 saturated heterocycles. The van der Waals surface area contributed by atoms with E-state index < -0.39 is 18.2 Å². The van der Waals surface area contributed by atoms with Gasteiger partial charge in [-0.3, -0.25) is 4.79 Å². The molecule has 0 heterocycles. The number of nitrogens with one attached hydrogen (secondary N) is 1. The van der Waals surface area contributed by atoms with E-state index in [0.717, 1.165) is 11.3 Å². The second-order valence-electron chi connectivity index (χ2n) is 9.80. The molecule has 11 heteroatoms. The fourth-order valence-corrected chi connectivity index (χ4v) is 4.82. The van der Waals surface area contributed by atoms with Crippen molar-refractivity contribution in [3.63, 3.8) is 0 Å². The van der Waals surface area contributed by atoms with Crippen molar-refractivity contribution in [2.24, 2.45) is 5.73 Å². The van der Waals surface area contributed by atoms with Crippen molar-refractivity contribution in [3.8, 4) is 11.5 Å². The van der Waals surface area contributed by atoms with Gasteiger partial charge in [0.25, 0.3) is 0 Å². The maximum absolute atomic E-state index is 12.2. The van der Waals surface area contributed by atoms with Crippen molar-refractivity contribution < 1.29 is 37.7 Å². The van der Waals surface area contributed by atoms with Gasteiger partial charge >= 0.3 is 12.1 Å². The summed E-state index contributed by atoms with van der Waals surface area (Å²) < 4.78 is 36.8. The van der Waals surface area contributed by atoms with Crippen LogP contribution < -0.4 is 15.8 Å². The number of carboxylic acids is 1. The molecule has 5 N–H and O–H groups in total. The van der Waals surface area contributed by atoms with Crippen LogP contribution in [0.4, 0.5) is 13.2 Å². The highest BCUT2D eigenvalue weighted by Gasteiger charge is 2.38. The zero-order valence-corrected chi connectivity index (χ0v) is 24.9. The third-order valence-electron chi connectivity index (χ3n) is 6.23. The molecule has 0 saturated carbocycles. The highest BCUT2D eigenvalue weighted by molar-refractivity contribution is 7.99. The number of methoxy groups -OCH3 is 1. The molecule has 0 unspecified atom stereocenters. The lowest BCUT2D eigenvalue weighted by molar-refractivity contribution is -0.192. The lowest BCUT2D eigenvalue weighted by Crippen LogP contribution is -2.42. The van der Waals surface area contributed by atoms with Crippen LogP contribution in [-0.4, -0.2) is 52.9 Å². The number of aromatic hydroxyl groups is 1. The van der Waals surface area contributed by atoms with Crippen molar-refractivity contribution in [1.29, 1.82) is 0 Å². The van der Waals surface area contributed by atoms with Gasteiger partial charge in [-0.25, -0.2) is 4.79 Å². The molecule has 0 aromatic heterocycles. The van der Waals surface area contributed by atoms with E-state index in [9.17, 15) is 23.1 Å². The van der Waals surface area contributed by atoms with E-state index in [-0.39, 0.29) is 11.7 Å². The van der Waals surface area contributed by atoms with Crippen LogP contribution in [0.3, 0.4) is 0 Å². The first-order valence-electron chi connectivity index (χ1n) is 14.3. The molecule has 232 valence electrons. The van der Waals surface area contributed by atoms with Crippen LogP contribution in [0.25, 0.3) is 0 Å². The van der Waals surface area contributed by atoms with E-state index in [0.29, 0.717) is 18.0 Å². The molecule has 0 aliphatic heterocycles. The highest BCUT2D eigenvalue weighted by atomic mass is 32.2. The Hall–Kier alpha value is -2.14. The summed E-state index contributed by atoms with van der Waals surface area (Å²) in [5.74, 6) is -0.709. The van der Waals surface area contributed by atoms with Gasteiger partial charge in [0.05, 0.1) is 13.2 Å². The minimum Gasteiger partial charge on any atom is -0.504 e. The first-order valence-corrected chi connectivity index (χ1v) is 15.4. The number of carbonyl (C=O) groups is 2. The molecule has 1 atom stereocenters. The molecule has 7 nitrogen and oxygen atoms in total. The Morgan fingerprint density at radius 2 is 1.43 bits per heavy atom. The lowest BCUT2D eigenvalue weighted by atomic mass is 10.0. The number of phenolic OH excluding ortho intramolecular Hbond substituents is 1. The van der Waals surface area contributed by atoms with Gasteiger partial charge < -0.3 is 26.0 Å². The summed E-state index contributed by atoms with van der Waals surface area (Å²) in [6.45, 7) is 2.64. The Morgan fingerprint density at radius 3 is 1.88 bits per heavy atom. The summed E-state index contributed by atoms with van der Waals surface area (Å²) in [5.41, 5.74) is 6.89. The monoisotopic (exact) mass is 594 g/mol. The summed E-state index contributed by atoms with van der Waals surface area (Å²) in [6, 6.07) is 4.53. The quantitative estimate of drug-likeness (QED) is 0.111. The van der Waals surface area contributed by atoms with E-state index in [1.807, 2.05) is 0 Å². The number of hydrogen-bond acceptors (Lipinski definition) is 6. The maximum Gasteiger partial charge on any atom is 0.490 e. The molecule has 40 heavy (non-hydrogen) atoms. The number of unbranched alkanes of at least 4 members (excludes halogenated alkanes) is 13. The minimum absolute atomic E-state index is 0.0872. The van der Waals surface area contributed by atoms with Crippen LogP contribution in [0.15, 0.2) is 18.2 Å². The van der Waals surface area contributed by atoms with Crippen molar-refractivity contribution in [2.45, 2.75) is 116 Å². The summed E-state index contributed by atoms with van der Waals surface area (Å²) in [7, 11) is 1.50. The number of ether oxygens (including phenoxy) is 1. The summed E-state index contributed by atoms with van der Waals surface area (Å²) in [6.07, 6.45) is 14.1. The second-order valence-corrected chi connectivity index (χ2v) is 11.0. The molecule has 0 aliphatic carbocycles. The molecule has 0 bridgehead atoms. The average Bonchev–Trinajstić information content (AvgIpc) is 2.91. The zero-order chi connectivity index (χ0) is 30.2. The number of hydrogen-bond donors (Lipinski definition) is 4. The van der Waals surface area contributed by atoms with Gasteiger partial charge in [0.2, 0.25) is 5.91 Å². The zero-order valence-electron chi connectivity index (χ0n) is 24.1. The predicted molar refractivity (Wildman–Crippen MR) is 156 cm³/mol. The van der Waals surface area contributed by atoms with Crippen LogP contribution in [0.1, 0.15) is 102 Å². The maximum atomic E-state index is 12.2. The number of rotatable bonds is 21. The van der Waals surface area contributed by atoms with Crippen molar-refractivity contribution >= 4 is 23.6 Å². The number of benzene rings is 1. The molecule has 1 aromatic carbocycles. The van der Waals surface area contributed by atoms with E-state index >= 15 is 0 Å². The van der Waals surface area contributed by atoms with Gasteiger partial charge in [0, 0.05) is 12.3 Å². The molecule has 0 aliphatic rings. The number of alkyl halides is 3. The molecule has 1 rings (SSSR count). The van der Waals surface area contributed by atoms with E-state index in [1.165, 1.54) is 97.0 Å². The SMILES string of the molecule is CCCCCCCCCCCCCCCCSC[C@H](N)C(=O)NCc1ccc(O)c(OC)c1.O=C(O)C(F)(F)F. The first-order chi connectivity index (χ1) is 19.0. The topological polar surface area (TPSA) is 122 Å². The van der Waals surface area contributed by atoms with E-state index in [2.05, 4.69) is 12.2 Å². The number of amides is 1. The largest absolute Gasteiger partial charge is 0.504 e. The highest BCUT2D eigenvalue weighted by Crippen LogP contribution is 2.26. The Bertz CT molecular complexity index is 812. The van der Waals surface area contributed by atoms with Gasteiger partial charge in [0.1, 0.15) is 0 Å². The fourth-order valence-electron chi connectivity index (χ4n) is 3.84. The van der Waals surface area contributed by atoms with Crippen LogP contribution >= 0.6 is 11.8 Å². The summed E-state index contributed by atoms with van der Waals surface area (Å²) in [5, 5.41) is 19.6. The molecular formula is C29H49F3N2O5S. The Balaban J connectivity index is 0.00000191. The van der Waals surface area contributed by atoms with Gasteiger partial charge in [-0.15, -0.1) is 0 Å². The Labute approximate surface area is 241 Å². The molecular weight excluding hydrogens is 545 g/mol. The fraction of sp³-hybridized carbons (Fsp3) is 0.724.